The van der Waals surface area contributed by atoms with Gasteiger partial charge in [0.2, 0.25) is 10.0 Å². The fraction of sp³-hybridized carbons (Fsp3) is 0.143. The summed E-state index contributed by atoms with van der Waals surface area (Å²) in [5.41, 5.74) is 2.92. The van der Waals surface area contributed by atoms with Gasteiger partial charge in [-0.25, -0.2) is 8.42 Å². The summed E-state index contributed by atoms with van der Waals surface area (Å²) >= 11 is 0. The fourth-order valence-corrected chi connectivity index (χ4v) is 4.52. The van der Waals surface area contributed by atoms with E-state index in [1.165, 1.54) is 18.2 Å². The molecule has 1 aliphatic rings. The molecular formula is C21H19N3O6S. The highest BCUT2D eigenvalue weighted by Gasteiger charge is 2.27. The summed E-state index contributed by atoms with van der Waals surface area (Å²) in [6.45, 7) is -0.739. The molecule has 3 aromatic rings. The number of carbonyl (C=O) groups excluding carboxylic acids is 1. The standard InChI is InChI=1S/C21H19N3O6S/c1-24-11-12(15-8-13(30-2)3-6-19(15)24)7-17-16-9-14(4-5-18(16)23-21(17)27)31(28,29)22-10-20(25)26/h3-9,11,22H,10H2,1-2H3,(H,23,27)(H,25,26)/b17-7-. The third-order valence-corrected chi connectivity index (χ3v) is 6.42. The van der Waals surface area contributed by atoms with E-state index in [-0.39, 0.29) is 10.8 Å². The molecule has 0 unspecified atom stereocenters. The highest BCUT2D eigenvalue weighted by molar-refractivity contribution is 7.89. The average Bonchev–Trinajstić information content (AvgIpc) is 3.22. The number of rotatable bonds is 6. The van der Waals surface area contributed by atoms with Crippen molar-refractivity contribution in [2.75, 3.05) is 19.0 Å². The number of nitrogens with one attached hydrogen (secondary N) is 2. The van der Waals surface area contributed by atoms with Gasteiger partial charge in [0.1, 0.15) is 12.3 Å². The maximum absolute atomic E-state index is 12.6. The van der Waals surface area contributed by atoms with Crippen molar-refractivity contribution in [3.05, 3.63) is 53.7 Å². The van der Waals surface area contributed by atoms with E-state index in [9.17, 15) is 18.0 Å². The number of hydrogen-bond donors (Lipinski definition) is 3. The van der Waals surface area contributed by atoms with E-state index in [1.54, 1.807) is 13.2 Å². The lowest BCUT2D eigenvalue weighted by Crippen LogP contribution is -2.29. The van der Waals surface area contributed by atoms with E-state index in [1.807, 2.05) is 40.7 Å². The number of ether oxygens (including phenoxy) is 1. The molecule has 0 spiro atoms. The van der Waals surface area contributed by atoms with Crippen molar-refractivity contribution < 1.29 is 27.9 Å². The molecule has 0 saturated carbocycles. The number of amides is 1. The molecule has 0 atom stereocenters. The minimum Gasteiger partial charge on any atom is -0.497 e. The van der Waals surface area contributed by atoms with Crippen molar-refractivity contribution in [3.63, 3.8) is 0 Å². The zero-order chi connectivity index (χ0) is 22.3. The predicted octanol–water partition coefficient (Wildman–Crippen LogP) is 2.04. The number of nitrogens with zero attached hydrogens (tertiary/aromatic N) is 1. The number of carboxylic acid groups (broad SMARTS) is 1. The molecule has 1 aromatic heterocycles. The lowest BCUT2D eigenvalue weighted by Gasteiger charge is -2.07. The van der Waals surface area contributed by atoms with Crippen molar-refractivity contribution in [1.82, 2.24) is 9.29 Å². The molecule has 0 aliphatic carbocycles. The first kappa shape index (κ1) is 20.6. The van der Waals surface area contributed by atoms with Gasteiger partial charge >= 0.3 is 5.97 Å². The molecule has 0 saturated heterocycles. The number of fused-ring (bicyclic) bond motifs is 2. The monoisotopic (exact) mass is 441 g/mol. The Hall–Kier alpha value is -3.63. The van der Waals surface area contributed by atoms with Crippen LogP contribution in [0.25, 0.3) is 22.6 Å². The summed E-state index contributed by atoms with van der Waals surface area (Å²) in [6.07, 6.45) is 3.57. The lowest BCUT2D eigenvalue weighted by atomic mass is 10.0. The third kappa shape index (κ3) is 3.78. The van der Waals surface area contributed by atoms with Crippen LogP contribution < -0.4 is 14.8 Å². The zero-order valence-electron chi connectivity index (χ0n) is 16.7. The molecule has 4 rings (SSSR count). The number of anilines is 1. The van der Waals surface area contributed by atoms with E-state index in [2.05, 4.69) is 5.32 Å². The number of methoxy groups -OCH3 is 1. The van der Waals surface area contributed by atoms with Gasteiger partial charge in [-0.3, -0.25) is 9.59 Å². The van der Waals surface area contributed by atoms with Crippen molar-refractivity contribution in [2.24, 2.45) is 7.05 Å². The molecule has 31 heavy (non-hydrogen) atoms. The van der Waals surface area contributed by atoms with Gasteiger partial charge in [-0.05, 0) is 42.5 Å². The molecule has 160 valence electrons. The number of aryl methyl sites for hydroxylation is 1. The first-order valence-electron chi connectivity index (χ1n) is 9.21. The fourth-order valence-electron chi connectivity index (χ4n) is 3.52. The Kier molecular flexibility index (Phi) is 5.03. The first-order chi connectivity index (χ1) is 14.7. The van der Waals surface area contributed by atoms with Gasteiger partial charge in [0.25, 0.3) is 5.91 Å². The molecule has 0 radical (unpaired) electrons. The SMILES string of the molecule is COc1ccc2c(c1)c(/C=C1\C(=O)Nc3ccc(S(=O)(=O)NCC(=O)O)cc31)cn2C. The maximum atomic E-state index is 12.6. The van der Waals surface area contributed by atoms with Crippen LogP contribution >= 0.6 is 0 Å². The smallest absolute Gasteiger partial charge is 0.318 e. The first-order valence-corrected chi connectivity index (χ1v) is 10.7. The molecule has 1 aliphatic heterocycles. The van der Waals surface area contributed by atoms with E-state index < -0.39 is 22.5 Å². The van der Waals surface area contributed by atoms with Gasteiger partial charge in [-0.15, -0.1) is 0 Å². The van der Waals surface area contributed by atoms with Crippen LogP contribution in [-0.4, -0.2) is 43.6 Å². The Balaban J connectivity index is 1.81. The molecular weight excluding hydrogens is 422 g/mol. The van der Waals surface area contributed by atoms with Crippen molar-refractivity contribution in [2.45, 2.75) is 4.90 Å². The van der Waals surface area contributed by atoms with E-state index >= 15 is 0 Å². The molecule has 1 amide bonds. The van der Waals surface area contributed by atoms with Gasteiger partial charge < -0.3 is 19.7 Å². The average molecular weight is 441 g/mol. The van der Waals surface area contributed by atoms with Gasteiger partial charge in [0.15, 0.2) is 0 Å². The number of carboxylic acids is 1. The maximum Gasteiger partial charge on any atom is 0.318 e. The van der Waals surface area contributed by atoms with Crippen LogP contribution in [0.3, 0.4) is 0 Å². The van der Waals surface area contributed by atoms with Crippen LogP contribution in [0.4, 0.5) is 5.69 Å². The van der Waals surface area contributed by atoms with Crippen LogP contribution in [0.1, 0.15) is 11.1 Å². The highest BCUT2D eigenvalue weighted by atomic mass is 32.2. The molecule has 2 aromatic carbocycles. The molecule has 0 bridgehead atoms. The van der Waals surface area contributed by atoms with Gasteiger partial charge in [0, 0.05) is 46.5 Å². The number of hydrogen-bond acceptors (Lipinski definition) is 5. The summed E-state index contributed by atoms with van der Waals surface area (Å²) in [6, 6.07) is 9.78. The number of benzene rings is 2. The molecule has 10 heteroatoms. The van der Waals surface area contributed by atoms with E-state index in [0.29, 0.717) is 22.6 Å². The molecule has 3 N–H and O–H groups in total. The van der Waals surface area contributed by atoms with Crippen molar-refractivity contribution in [1.29, 1.82) is 0 Å². The van der Waals surface area contributed by atoms with Crippen LogP contribution in [0.15, 0.2) is 47.5 Å². The van der Waals surface area contributed by atoms with Crippen molar-refractivity contribution in [3.8, 4) is 5.75 Å². The minimum absolute atomic E-state index is 0.130. The Morgan fingerprint density at radius 2 is 2.03 bits per heavy atom. The number of carbonyl (C=O) groups is 2. The van der Waals surface area contributed by atoms with Crippen molar-refractivity contribution >= 4 is 50.1 Å². The van der Waals surface area contributed by atoms with E-state index in [4.69, 9.17) is 9.84 Å². The van der Waals surface area contributed by atoms with Gasteiger partial charge in [-0.1, -0.05) is 0 Å². The molecule has 9 nitrogen and oxygen atoms in total. The van der Waals surface area contributed by atoms with Crippen LogP contribution in [-0.2, 0) is 26.7 Å². The summed E-state index contributed by atoms with van der Waals surface area (Å²) in [7, 11) is -0.588. The second-order valence-corrected chi connectivity index (χ2v) is 8.78. The summed E-state index contributed by atoms with van der Waals surface area (Å²) < 4.78 is 34.1. The largest absolute Gasteiger partial charge is 0.497 e. The lowest BCUT2D eigenvalue weighted by molar-refractivity contribution is -0.135. The Labute approximate surface area is 178 Å². The number of sulfonamides is 1. The van der Waals surface area contributed by atoms with Crippen LogP contribution in [0.5, 0.6) is 5.75 Å². The van der Waals surface area contributed by atoms with Gasteiger partial charge in [-0.2, -0.15) is 4.72 Å². The number of aliphatic carboxylic acids is 1. The van der Waals surface area contributed by atoms with Gasteiger partial charge in [0.05, 0.1) is 12.0 Å². The quantitative estimate of drug-likeness (QED) is 0.503. The number of aromatic nitrogens is 1. The minimum atomic E-state index is -4.05. The molecule has 0 fully saturated rings. The zero-order valence-corrected chi connectivity index (χ0v) is 17.5. The predicted molar refractivity (Wildman–Crippen MR) is 115 cm³/mol. The summed E-state index contributed by atoms with van der Waals surface area (Å²) in [5, 5.41) is 12.3. The van der Waals surface area contributed by atoms with E-state index in [0.717, 1.165) is 16.5 Å². The van der Waals surface area contributed by atoms with Crippen LogP contribution in [0, 0.1) is 0 Å². The second-order valence-electron chi connectivity index (χ2n) is 7.02. The Morgan fingerprint density at radius 1 is 1.26 bits per heavy atom. The summed E-state index contributed by atoms with van der Waals surface area (Å²) in [5.74, 6) is -0.982. The third-order valence-electron chi connectivity index (χ3n) is 5.03. The second kappa shape index (κ2) is 7.56. The topological polar surface area (TPSA) is 127 Å². The normalized spacial score (nSPS) is 14.6. The molecule has 2 heterocycles. The summed E-state index contributed by atoms with van der Waals surface area (Å²) in [4.78, 5) is 23.2. The van der Waals surface area contributed by atoms with Crippen LogP contribution in [0.2, 0.25) is 0 Å². The Morgan fingerprint density at radius 3 is 2.74 bits per heavy atom. The highest BCUT2D eigenvalue weighted by Crippen LogP contribution is 2.36. The Bertz CT molecular complexity index is 1370.